The van der Waals surface area contributed by atoms with Gasteiger partial charge in [-0.1, -0.05) is 0 Å². The Labute approximate surface area is 111 Å². The normalized spacial score (nSPS) is 22.5. The molecule has 15 heavy (non-hydrogen) atoms. The fraction of sp³-hybridized carbons (Fsp3) is 0.167. The minimum atomic E-state index is -0.556. The van der Waals surface area contributed by atoms with Gasteiger partial charge in [-0.2, -0.15) is 0 Å². The van der Waals surface area contributed by atoms with Gasteiger partial charge in [0.2, 0.25) is 0 Å². The van der Waals surface area contributed by atoms with Crippen LogP contribution in [0.5, 0.6) is 0 Å². The van der Waals surface area contributed by atoms with E-state index < -0.39 is 17.0 Å². The maximum absolute atomic E-state index is 4.89. The maximum atomic E-state index is 4.89. The zero-order valence-electron chi connectivity index (χ0n) is 8.29. The summed E-state index contributed by atoms with van der Waals surface area (Å²) in [5, 5.41) is 0. The third kappa shape index (κ3) is 6.56. The van der Waals surface area contributed by atoms with Gasteiger partial charge in [-0.15, -0.1) is 0 Å². The van der Waals surface area contributed by atoms with Gasteiger partial charge in [0.05, 0.1) is 0 Å². The molecule has 0 heterocycles. The van der Waals surface area contributed by atoms with Crippen molar-refractivity contribution in [3.8, 4) is 0 Å². The summed E-state index contributed by atoms with van der Waals surface area (Å²) in [6, 6.07) is 0. The van der Waals surface area contributed by atoms with E-state index in [1.54, 1.807) is 0 Å². The van der Waals surface area contributed by atoms with Crippen molar-refractivity contribution in [3.63, 3.8) is 0 Å². The van der Waals surface area contributed by atoms with Crippen LogP contribution in [0.2, 0.25) is 0 Å². The van der Waals surface area contributed by atoms with E-state index in [1.165, 1.54) is 11.8 Å². The summed E-state index contributed by atoms with van der Waals surface area (Å²) >= 11 is -0.556. The standard InChI is InChI=1S/C12H12.2ClH.Ti/c1-2-6-11(5-1)9-10-12-7-3-4-8-12;;;/h1-8H,9-10H2;2*1H;/q;;;+2/p-2. The van der Waals surface area contributed by atoms with Gasteiger partial charge in [-0.05, 0) is 76.0 Å². The van der Waals surface area contributed by atoms with Gasteiger partial charge in [0.1, 0.15) is 0 Å². The fourth-order valence-corrected chi connectivity index (χ4v) is 1.45. The molecule has 2 fully saturated rings. The Bertz CT molecular complexity index is 125. The summed E-state index contributed by atoms with van der Waals surface area (Å²) < 4.78 is 0. The summed E-state index contributed by atoms with van der Waals surface area (Å²) in [5.74, 6) is 2.88. The van der Waals surface area contributed by atoms with Crippen molar-refractivity contribution >= 4 is 18.6 Å². The zero-order chi connectivity index (χ0) is 10.9. The number of hydrogen-bond acceptors (Lipinski definition) is 0. The van der Waals surface area contributed by atoms with Crippen molar-refractivity contribution in [2.75, 3.05) is 0 Å². The summed E-state index contributed by atoms with van der Waals surface area (Å²) in [7, 11) is 9.78. The van der Waals surface area contributed by atoms with Crippen LogP contribution in [0.3, 0.4) is 0 Å². The van der Waals surface area contributed by atoms with Gasteiger partial charge in [-0.25, -0.2) is 0 Å². The second-order valence-electron chi connectivity index (χ2n) is 3.16. The summed E-state index contributed by atoms with van der Waals surface area (Å²) in [5.41, 5.74) is 0. The van der Waals surface area contributed by atoms with Gasteiger partial charge in [0.15, 0.2) is 0 Å². The average Bonchev–Trinajstić information content (AvgIpc) is 2.90. The minimum absolute atomic E-state index is 0.556. The first kappa shape index (κ1) is 14.4. The van der Waals surface area contributed by atoms with Crippen LogP contribution < -0.4 is 0 Å². The number of rotatable bonds is 3. The van der Waals surface area contributed by atoms with E-state index in [9.17, 15) is 0 Å². The van der Waals surface area contributed by atoms with Crippen molar-refractivity contribution in [1.29, 1.82) is 0 Å². The van der Waals surface area contributed by atoms with E-state index in [1.807, 2.05) is 0 Å². The van der Waals surface area contributed by atoms with E-state index in [4.69, 9.17) is 18.6 Å². The summed E-state index contributed by atoms with van der Waals surface area (Å²) in [6.45, 7) is 0. The van der Waals surface area contributed by atoms with Crippen LogP contribution in [0, 0.1) is 63.2 Å². The van der Waals surface area contributed by atoms with Crippen molar-refractivity contribution in [2.45, 2.75) is 12.8 Å². The van der Waals surface area contributed by atoms with Gasteiger partial charge in [-0.3, -0.25) is 0 Å². The second-order valence-corrected chi connectivity index (χ2v) is 5.74. The molecule has 0 aliphatic heterocycles. The molecule has 10 radical (unpaired) electrons. The topological polar surface area (TPSA) is 0 Å². The molecule has 0 atom stereocenters. The van der Waals surface area contributed by atoms with Crippen LogP contribution in [0.4, 0.5) is 0 Å². The molecular weight excluding hydrogens is 263 g/mol. The molecule has 0 aromatic rings. The van der Waals surface area contributed by atoms with E-state index in [2.05, 4.69) is 51.4 Å². The Morgan fingerprint density at radius 2 is 1.00 bits per heavy atom. The Kier molecular flexibility index (Phi) is 8.94. The van der Waals surface area contributed by atoms with Gasteiger partial charge in [0.25, 0.3) is 0 Å². The SMILES string of the molecule is [CH]1[CH][CH][C](CC[C]2[CH][CH][CH][CH]2)[CH]1.[Cl][Ti][Cl]. The Balaban J connectivity index is 0.000000337. The van der Waals surface area contributed by atoms with E-state index in [-0.39, 0.29) is 0 Å². The van der Waals surface area contributed by atoms with Crippen molar-refractivity contribution in [2.24, 2.45) is 0 Å². The van der Waals surface area contributed by atoms with Crippen LogP contribution in [-0.2, 0) is 17.0 Å². The molecule has 0 unspecified atom stereocenters. The van der Waals surface area contributed by atoms with Crippen LogP contribution in [0.1, 0.15) is 12.8 Å². The monoisotopic (exact) mass is 274 g/mol. The predicted molar refractivity (Wildman–Crippen MR) is 61.8 cm³/mol. The molecular formula is C12H12Cl2Ti. The van der Waals surface area contributed by atoms with Gasteiger partial charge in [0, 0.05) is 0 Å². The first-order valence-corrected chi connectivity index (χ1v) is 9.04. The Morgan fingerprint density at radius 1 is 0.733 bits per heavy atom. The first-order valence-electron chi connectivity index (χ1n) is 4.74. The summed E-state index contributed by atoms with van der Waals surface area (Å²) in [4.78, 5) is 0. The van der Waals surface area contributed by atoms with E-state index in [0.29, 0.717) is 0 Å². The number of hydrogen-bond donors (Lipinski definition) is 0. The zero-order valence-corrected chi connectivity index (χ0v) is 11.4. The molecule has 2 aliphatic carbocycles. The van der Waals surface area contributed by atoms with E-state index >= 15 is 0 Å². The van der Waals surface area contributed by atoms with Crippen LogP contribution in [0.15, 0.2) is 0 Å². The second kappa shape index (κ2) is 9.34. The first-order chi connectivity index (χ1) is 7.36. The van der Waals surface area contributed by atoms with Crippen molar-refractivity contribution in [1.82, 2.24) is 0 Å². The van der Waals surface area contributed by atoms with E-state index in [0.717, 1.165) is 12.8 Å². The Morgan fingerprint density at radius 3 is 1.27 bits per heavy atom. The molecule has 78 valence electrons. The predicted octanol–water partition coefficient (Wildman–Crippen LogP) is 3.95. The average molecular weight is 275 g/mol. The number of halogens is 2. The fourth-order valence-electron chi connectivity index (χ4n) is 1.45. The van der Waals surface area contributed by atoms with Gasteiger partial charge >= 0.3 is 35.6 Å². The molecule has 2 rings (SSSR count). The molecule has 3 heteroatoms. The molecule has 0 amide bonds. The van der Waals surface area contributed by atoms with Crippen molar-refractivity contribution < 1.29 is 17.0 Å². The Hall–Kier alpha value is 1.29. The van der Waals surface area contributed by atoms with Crippen LogP contribution in [0.25, 0.3) is 0 Å². The molecule has 0 bridgehead atoms. The van der Waals surface area contributed by atoms with Crippen LogP contribution in [-0.4, -0.2) is 0 Å². The quantitative estimate of drug-likeness (QED) is 0.684. The third-order valence-corrected chi connectivity index (χ3v) is 2.17. The molecule has 0 nitrogen and oxygen atoms in total. The van der Waals surface area contributed by atoms with Crippen LogP contribution >= 0.6 is 18.6 Å². The molecule has 0 N–H and O–H groups in total. The molecule has 2 aliphatic rings. The third-order valence-electron chi connectivity index (χ3n) is 2.17. The summed E-state index contributed by atoms with van der Waals surface area (Å²) in [6.07, 6.45) is 19.5. The molecule has 0 aromatic heterocycles. The molecule has 0 aromatic carbocycles. The van der Waals surface area contributed by atoms with Gasteiger partial charge < -0.3 is 0 Å². The molecule has 0 spiro atoms. The molecule has 0 saturated heterocycles. The molecule has 2 saturated carbocycles. The van der Waals surface area contributed by atoms with Crippen molar-refractivity contribution in [3.05, 3.63) is 63.2 Å².